The molecule has 0 radical (unpaired) electrons. The van der Waals surface area contributed by atoms with E-state index in [0.717, 1.165) is 44.0 Å². The first kappa shape index (κ1) is 19.3. The van der Waals surface area contributed by atoms with Crippen LogP contribution in [0.3, 0.4) is 0 Å². The normalized spacial score (nSPS) is 20.6. The van der Waals surface area contributed by atoms with Gasteiger partial charge >= 0.3 is 0 Å². The Morgan fingerprint density at radius 2 is 1.61 bits per heavy atom. The quantitative estimate of drug-likeness (QED) is 0.831. The molecule has 1 aliphatic carbocycles. The predicted molar refractivity (Wildman–Crippen MR) is 117 cm³/mol. The van der Waals surface area contributed by atoms with E-state index in [1.807, 2.05) is 0 Å². The molecule has 2 saturated heterocycles. The molecule has 2 heterocycles. The van der Waals surface area contributed by atoms with Gasteiger partial charge < -0.3 is 10.2 Å². The zero-order valence-electron chi connectivity index (χ0n) is 17.0. The maximum Gasteiger partial charge on any atom is 0.238 e. The van der Waals surface area contributed by atoms with E-state index in [-0.39, 0.29) is 7.33 Å². The molecular formula is C24H35N3O. The molecule has 0 saturated carbocycles. The number of piperidine rings is 1. The molecule has 3 aliphatic rings. The van der Waals surface area contributed by atoms with E-state index in [0.29, 0.717) is 6.54 Å². The second-order valence-corrected chi connectivity index (χ2v) is 8.42. The Balaban J connectivity index is 0.00000240. The lowest BCUT2D eigenvalue weighted by molar-refractivity contribution is -0.121. The average molecular weight is 382 g/mol. The molecule has 1 aromatic carbocycles. The molecule has 0 aromatic heterocycles. The number of carbonyl (C=O) groups excluding carboxylic acids is 1. The van der Waals surface area contributed by atoms with Crippen molar-refractivity contribution in [3.8, 4) is 0 Å². The van der Waals surface area contributed by atoms with Crippen molar-refractivity contribution in [2.24, 2.45) is 0 Å². The molecule has 28 heavy (non-hydrogen) atoms. The molecule has 152 valence electrons. The smallest absolute Gasteiger partial charge is 0.238 e. The monoisotopic (exact) mass is 381 g/mol. The molecule has 1 amide bonds. The molecule has 0 bridgehead atoms. The molecule has 0 atom stereocenters. The summed E-state index contributed by atoms with van der Waals surface area (Å²) in [5, 5.41) is 3.28. The van der Waals surface area contributed by atoms with Gasteiger partial charge in [-0.15, -0.1) is 0 Å². The van der Waals surface area contributed by atoms with E-state index in [1.165, 1.54) is 61.6 Å². The number of amides is 1. The number of benzene rings is 1. The first-order chi connectivity index (χ1) is 13.7. The van der Waals surface area contributed by atoms with E-state index in [2.05, 4.69) is 46.0 Å². The van der Waals surface area contributed by atoms with E-state index in [1.54, 1.807) is 0 Å². The summed E-state index contributed by atoms with van der Waals surface area (Å²) < 4.78 is 0. The number of rotatable bonds is 5. The van der Waals surface area contributed by atoms with Gasteiger partial charge in [0.1, 0.15) is 0 Å². The minimum absolute atomic E-state index is 0. The fourth-order valence-corrected chi connectivity index (χ4v) is 4.78. The molecular weight excluding hydrogens is 346 g/mol. The van der Waals surface area contributed by atoms with Crippen LogP contribution in [0.15, 0.2) is 42.1 Å². The van der Waals surface area contributed by atoms with Gasteiger partial charge in [0.2, 0.25) is 5.91 Å². The highest BCUT2D eigenvalue weighted by molar-refractivity contribution is 5.92. The maximum atomic E-state index is 12.9. The van der Waals surface area contributed by atoms with Crippen LogP contribution in [0.1, 0.15) is 57.5 Å². The van der Waals surface area contributed by atoms with Gasteiger partial charge in [-0.25, -0.2) is 0 Å². The van der Waals surface area contributed by atoms with Crippen LogP contribution in [-0.2, 0) is 11.2 Å². The molecule has 4 rings (SSSR count). The predicted octanol–water partition coefficient (Wildman–Crippen LogP) is 4.19. The zero-order valence-corrected chi connectivity index (χ0v) is 17.0. The summed E-state index contributed by atoms with van der Waals surface area (Å²) in [5.41, 5.74) is 5.75. The van der Waals surface area contributed by atoms with Gasteiger partial charge in [-0.3, -0.25) is 9.69 Å². The molecule has 4 nitrogen and oxygen atoms in total. The lowest BCUT2D eigenvalue weighted by Gasteiger charge is -2.31. The minimum Gasteiger partial charge on any atom is -0.372 e. The van der Waals surface area contributed by atoms with Gasteiger partial charge in [-0.05, 0) is 50.8 Å². The summed E-state index contributed by atoms with van der Waals surface area (Å²) in [6, 6.07) is 8.45. The van der Waals surface area contributed by atoms with Crippen LogP contribution in [0.5, 0.6) is 0 Å². The van der Waals surface area contributed by atoms with Crippen molar-refractivity contribution in [3.63, 3.8) is 0 Å². The van der Waals surface area contributed by atoms with E-state index >= 15 is 0 Å². The number of nitrogens with zero attached hydrogens (tertiary/aromatic N) is 2. The summed E-state index contributed by atoms with van der Waals surface area (Å²) >= 11 is 0. The first-order valence-corrected chi connectivity index (χ1v) is 11.0. The summed E-state index contributed by atoms with van der Waals surface area (Å²) in [4.78, 5) is 17.6. The Labute approximate surface area is 170 Å². The van der Waals surface area contributed by atoms with Crippen molar-refractivity contribution in [3.05, 3.63) is 53.2 Å². The van der Waals surface area contributed by atoms with Crippen molar-refractivity contribution >= 4 is 11.6 Å². The number of nitrogens with one attached hydrogen (secondary N) is 1. The molecule has 1 N–H and O–H groups in total. The van der Waals surface area contributed by atoms with Crippen LogP contribution in [0.25, 0.3) is 5.70 Å². The van der Waals surface area contributed by atoms with Crippen LogP contribution in [0.4, 0.5) is 0 Å². The Bertz CT molecular complexity index is 759. The summed E-state index contributed by atoms with van der Waals surface area (Å²) in [5.74, 6) is 0.109. The fourth-order valence-electron chi connectivity index (χ4n) is 4.78. The molecule has 1 aromatic rings. The van der Waals surface area contributed by atoms with Crippen LogP contribution >= 0.6 is 0 Å². The summed E-state index contributed by atoms with van der Waals surface area (Å²) in [6.45, 7) is 9.16. The third-order valence-electron chi connectivity index (χ3n) is 6.37. The lowest BCUT2D eigenvalue weighted by Crippen LogP contribution is -2.37. The molecule has 2 fully saturated rings. The molecule has 2 aliphatic heterocycles. The van der Waals surface area contributed by atoms with E-state index in [4.69, 9.17) is 0 Å². The van der Waals surface area contributed by atoms with E-state index in [9.17, 15) is 4.79 Å². The Morgan fingerprint density at radius 3 is 2.36 bits per heavy atom. The SMILES string of the molecule is C=C(C1=C(NC(=O)CN2CCCCCC2)c2ccccc2C1)N1CCCCC1.[HH]. The van der Waals surface area contributed by atoms with E-state index < -0.39 is 0 Å². The number of hydrogen-bond donors (Lipinski definition) is 1. The zero-order chi connectivity index (χ0) is 19.3. The van der Waals surface area contributed by atoms with Gasteiger partial charge in [-0.2, -0.15) is 0 Å². The highest BCUT2D eigenvalue weighted by atomic mass is 16.2. The Hall–Kier alpha value is -2.07. The van der Waals surface area contributed by atoms with Gasteiger partial charge in [-0.1, -0.05) is 43.7 Å². The van der Waals surface area contributed by atoms with Gasteiger partial charge in [0.25, 0.3) is 0 Å². The molecule has 0 spiro atoms. The fraction of sp³-hybridized carbons (Fsp3) is 0.542. The second kappa shape index (κ2) is 8.95. The number of likely N-dealkylation sites (tertiary alicyclic amines) is 2. The molecule has 4 heteroatoms. The Morgan fingerprint density at radius 1 is 0.964 bits per heavy atom. The van der Waals surface area contributed by atoms with Crippen molar-refractivity contribution in [1.82, 2.24) is 15.1 Å². The van der Waals surface area contributed by atoms with Crippen LogP contribution in [0, 0.1) is 0 Å². The standard InChI is InChI=1S/C24H33N3O.H2/c1-19(27-15-9-4-10-16-27)22-17-20-11-5-6-12-21(20)24(22)25-23(28)18-26-13-7-2-3-8-14-26;/h5-6,11-12H,1-4,7-10,13-18H2,(H,25,28);1H. The minimum atomic E-state index is 0. The highest BCUT2D eigenvalue weighted by Gasteiger charge is 2.27. The number of allylic oxidation sites excluding steroid dienone is 1. The first-order valence-electron chi connectivity index (χ1n) is 11.0. The number of fused-ring (bicyclic) bond motifs is 1. The topological polar surface area (TPSA) is 35.6 Å². The van der Waals surface area contributed by atoms with Crippen molar-refractivity contribution in [2.45, 2.75) is 51.4 Å². The van der Waals surface area contributed by atoms with Crippen molar-refractivity contribution in [1.29, 1.82) is 0 Å². The third kappa shape index (κ3) is 4.33. The van der Waals surface area contributed by atoms with Crippen LogP contribution in [0.2, 0.25) is 0 Å². The van der Waals surface area contributed by atoms with Gasteiger partial charge in [0.05, 0.1) is 12.2 Å². The number of carbonyl (C=O) groups is 1. The maximum absolute atomic E-state index is 12.9. The molecule has 0 unspecified atom stereocenters. The highest BCUT2D eigenvalue weighted by Crippen LogP contribution is 2.36. The lowest BCUT2D eigenvalue weighted by atomic mass is 10.1. The average Bonchev–Trinajstić information content (AvgIpc) is 2.88. The Kier molecular flexibility index (Phi) is 6.16. The number of hydrogen-bond acceptors (Lipinski definition) is 3. The van der Waals surface area contributed by atoms with Crippen LogP contribution < -0.4 is 5.32 Å². The van der Waals surface area contributed by atoms with Gasteiger partial charge in [0.15, 0.2) is 0 Å². The summed E-state index contributed by atoms with van der Waals surface area (Å²) in [6.07, 6.45) is 9.62. The van der Waals surface area contributed by atoms with Crippen molar-refractivity contribution in [2.75, 3.05) is 32.7 Å². The summed E-state index contributed by atoms with van der Waals surface area (Å²) in [7, 11) is 0. The second-order valence-electron chi connectivity index (χ2n) is 8.42. The third-order valence-corrected chi connectivity index (χ3v) is 6.37. The van der Waals surface area contributed by atoms with Crippen LogP contribution in [-0.4, -0.2) is 48.4 Å². The van der Waals surface area contributed by atoms with Gasteiger partial charge in [0, 0.05) is 37.8 Å². The van der Waals surface area contributed by atoms with Crippen molar-refractivity contribution < 1.29 is 6.22 Å². The largest absolute Gasteiger partial charge is 0.372 e.